The summed E-state index contributed by atoms with van der Waals surface area (Å²) in [4.78, 5) is 60.3. The predicted octanol–water partition coefficient (Wildman–Crippen LogP) is 7.70. The fourth-order valence-electron chi connectivity index (χ4n) is 7.33. The number of carbonyl (C=O) groups excluding carboxylic acids is 4. The van der Waals surface area contributed by atoms with Crippen LogP contribution >= 0.6 is 0 Å². The lowest BCUT2D eigenvalue weighted by Crippen LogP contribution is -2.50. The number of hydrazine groups is 2. The third-order valence-corrected chi connectivity index (χ3v) is 10.2. The van der Waals surface area contributed by atoms with Gasteiger partial charge in [0.1, 0.15) is 0 Å². The number of nitrogens with zero attached hydrogens (tertiary/aromatic N) is 4. The molecule has 4 aliphatic rings. The SMILES string of the molecule is COC(=O)NN(C(=O)C1=C(C2=NC=C(c3ccc(-c4ccc(C5=CN=C(C6=C(C(=O)N(NC(=O)OC)C(C)C)CCC6)C5)cc4)cc3)C2)CCC1)C(C)C. The molecule has 2 aliphatic carbocycles. The minimum absolute atomic E-state index is 0.219. The van der Waals surface area contributed by atoms with E-state index in [1.165, 1.54) is 24.2 Å². The first-order valence-corrected chi connectivity index (χ1v) is 18.5. The summed E-state index contributed by atoms with van der Waals surface area (Å²) in [5.41, 5.74) is 16.8. The van der Waals surface area contributed by atoms with Crippen molar-refractivity contribution in [3.05, 3.63) is 94.4 Å². The zero-order valence-corrected chi connectivity index (χ0v) is 31.8. The number of hydrogen-bond donors (Lipinski definition) is 2. The van der Waals surface area contributed by atoms with E-state index in [0.717, 1.165) is 81.7 Å². The average molecular weight is 733 g/mol. The molecule has 0 fully saturated rings. The molecule has 0 atom stereocenters. The van der Waals surface area contributed by atoms with Crippen molar-refractivity contribution in [2.75, 3.05) is 14.2 Å². The summed E-state index contributed by atoms with van der Waals surface area (Å²) < 4.78 is 9.45. The molecular weight excluding hydrogens is 684 g/mol. The van der Waals surface area contributed by atoms with Crippen LogP contribution in [0.2, 0.25) is 0 Å². The largest absolute Gasteiger partial charge is 0.452 e. The summed E-state index contributed by atoms with van der Waals surface area (Å²) in [5, 5.41) is 2.67. The standard InChI is InChI=1S/C42H48N6O6/c1-25(2)47(45-41(51)53-5)39(49)35-11-7-9-33(35)37-21-31(23-43-37)29-17-13-27(14-18-29)28-15-19-30(20-16-28)32-22-38(44-24-32)34-10-8-12-36(34)40(50)48(26(3)4)46-42(52)54-6/h13-20,23-26H,7-12,21-22H2,1-6H3,(H,45,51)(H,46,52). The Labute approximate surface area is 316 Å². The second-order valence-corrected chi connectivity index (χ2v) is 14.3. The molecule has 2 aromatic rings. The van der Waals surface area contributed by atoms with Gasteiger partial charge in [-0.2, -0.15) is 0 Å². The Bertz CT molecular complexity index is 1870. The van der Waals surface area contributed by atoms with Crippen molar-refractivity contribution >= 4 is 46.6 Å². The van der Waals surface area contributed by atoms with Crippen LogP contribution in [0.15, 0.2) is 93.2 Å². The maximum absolute atomic E-state index is 13.5. The molecule has 2 heterocycles. The molecule has 2 aliphatic heterocycles. The highest BCUT2D eigenvalue weighted by Gasteiger charge is 2.33. The van der Waals surface area contributed by atoms with Crippen LogP contribution in [0, 0.1) is 0 Å². The zero-order valence-electron chi connectivity index (χ0n) is 31.8. The van der Waals surface area contributed by atoms with Gasteiger partial charge in [-0.05, 0) is 111 Å². The molecule has 0 bridgehead atoms. The van der Waals surface area contributed by atoms with Gasteiger partial charge in [0, 0.05) is 59.9 Å². The number of allylic oxidation sites excluding steroid dienone is 4. The van der Waals surface area contributed by atoms with Gasteiger partial charge in [-0.1, -0.05) is 48.5 Å². The van der Waals surface area contributed by atoms with Gasteiger partial charge in [-0.3, -0.25) is 19.6 Å². The average Bonchev–Trinajstić information content (AvgIpc) is 4.02. The van der Waals surface area contributed by atoms with Crippen molar-refractivity contribution in [1.82, 2.24) is 20.9 Å². The molecule has 12 heteroatoms. The lowest BCUT2D eigenvalue weighted by Gasteiger charge is -2.27. The van der Waals surface area contributed by atoms with Crippen molar-refractivity contribution in [2.45, 2.75) is 91.1 Å². The maximum Gasteiger partial charge on any atom is 0.425 e. The molecule has 0 unspecified atom stereocenters. The highest BCUT2D eigenvalue weighted by atomic mass is 16.5. The van der Waals surface area contributed by atoms with Crippen molar-refractivity contribution in [1.29, 1.82) is 0 Å². The molecule has 2 N–H and O–H groups in total. The van der Waals surface area contributed by atoms with Gasteiger partial charge in [-0.25, -0.2) is 30.5 Å². The molecule has 4 amide bonds. The minimum Gasteiger partial charge on any atom is -0.452 e. The quantitative estimate of drug-likeness (QED) is 0.253. The van der Waals surface area contributed by atoms with Gasteiger partial charge in [0.25, 0.3) is 11.8 Å². The van der Waals surface area contributed by atoms with E-state index in [1.54, 1.807) is 0 Å². The highest BCUT2D eigenvalue weighted by molar-refractivity contribution is 6.15. The molecule has 0 aromatic heterocycles. The van der Waals surface area contributed by atoms with Crippen molar-refractivity contribution in [2.24, 2.45) is 9.98 Å². The number of hydrogen-bond acceptors (Lipinski definition) is 8. The summed E-state index contributed by atoms with van der Waals surface area (Å²) in [6.07, 6.45) is 8.27. The van der Waals surface area contributed by atoms with Gasteiger partial charge < -0.3 is 9.47 Å². The smallest absolute Gasteiger partial charge is 0.425 e. The lowest BCUT2D eigenvalue weighted by molar-refractivity contribution is -0.132. The first-order valence-electron chi connectivity index (χ1n) is 18.5. The van der Waals surface area contributed by atoms with Crippen LogP contribution in [0.1, 0.15) is 90.2 Å². The van der Waals surface area contributed by atoms with Gasteiger partial charge in [0.2, 0.25) is 0 Å². The van der Waals surface area contributed by atoms with E-state index >= 15 is 0 Å². The molecular formula is C42H48N6O6. The summed E-state index contributed by atoms with van der Waals surface area (Å²) in [6, 6.07) is 16.4. The Hall–Kier alpha value is -5.78. The van der Waals surface area contributed by atoms with Gasteiger partial charge in [-0.15, -0.1) is 0 Å². The van der Waals surface area contributed by atoms with E-state index < -0.39 is 12.2 Å². The predicted molar refractivity (Wildman–Crippen MR) is 209 cm³/mol. The highest BCUT2D eigenvalue weighted by Crippen LogP contribution is 2.37. The molecule has 0 radical (unpaired) electrons. The second kappa shape index (κ2) is 16.5. The van der Waals surface area contributed by atoms with Crippen molar-refractivity contribution < 1.29 is 28.7 Å². The van der Waals surface area contributed by atoms with E-state index in [2.05, 4.69) is 59.4 Å². The molecule has 0 saturated carbocycles. The van der Waals surface area contributed by atoms with E-state index in [4.69, 9.17) is 19.5 Å². The van der Waals surface area contributed by atoms with Gasteiger partial charge >= 0.3 is 12.2 Å². The van der Waals surface area contributed by atoms with Gasteiger partial charge in [0.15, 0.2) is 0 Å². The first kappa shape index (κ1) is 38.0. The maximum atomic E-state index is 13.5. The minimum atomic E-state index is -0.678. The molecule has 282 valence electrons. The third-order valence-electron chi connectivity index (χ3n) is 10.2. The zero-order chi connectivity index (χ0) is 38.5. The molecule has 2 aromatic carbocycles. The summed E-state index contributed by atoms with van der Waals surface area (Å²) >= 11 is 0. The second-order valence-electron chi connectivity index (χ2n) is 14.3. The van der Waals surface area contributed by atoms with Crippen LogP contribution in [-0.4, -0.2) is 71.7 Å². The van der Waals surface area contributed by atoms with E-state index in [-0.39, 0.29) is 23.9 Å². The summed E-state index contributed by atoms with van der Waals surface area (Å²) in [7, 11) is 2.55. The molecule has 6 rings (SSSR count). The van der Waals surface area contributed by atoms with Crippen LogP contribution < -0.4 is 10.9 Å². The van der Waals surface area contributed by atoms with Crippen molar-refractivity contribution in [3.63, 3.8) is 0 Å². The van der Waals surface area contributed by atoms with E-state index in [1.807, 2.05) is 40.1 Å². The Balaban J connectivity index is 1.08. The van der Waals surface area contributed by atoms with E-state index in [0.29, 0.717) is 36.8 Å². The van der Waals surface area contributed by atoms with Crippen LogP contribution in [0.5, 0.6) is 0 Å². The topological polar surface area (TPSA) is 142 Å². The fourth-order valence-corrected chi connectivity index (χ4v) is 7.33. The molecule has 54 heavy (non-hydrogen) atoms. The number of methoxy groups -OCH3 is 2. The monoisotopic (exact) mass is 732 g/mol. The number of nitrogens with one attached hydrogen (secondary N) is 2. The number of rotatable bonds is 9. The summed E-state index contributed by atoms with van der Waals surface area (Å²) in [6.45, 7) is 7.38. The number of aliphatic imine (C=N–C) groups is 2. The Morgan fingerprint density at radius 1 is 0.574 bits per heavy atom. The van der Waals surface area contributed by atoms with Crippen LogP contribution in [0.25, 0.3) is 22.3 Å². The van der Waals surface area contributed by atoms with E-state index in [9.17, 15) is 19.2 Å². The van der Waals surface area contributed by atoms with Gasteiger partial charge in [0.05, 0.1) is 14.2 Å². The fraction of sp³-hybridized carbons (Fsp3) is 0.381. The molecule has 0 spiro atoms. The number of ether oxygens (including phenoxy) is 2. The number of amides is 4. The Kier molecular flexibility index (Phi) is 11.6. The first-order chi connectivity index (χ1) is 26.0. The summed E-state index contributed by atoms with van der Waals surface area (Å²) in [5.74, 6) is -0.438. The van der Waals surface area contributed by atoms with Crippen LogP contribution in [0.4, 0.5) is 9.59 Å². The normalized spacial score (nSPS) is 16.7. The Morgan fingerprint density at radius 2 is 0.926 bits per heavy atom. The third kappa shape index (κ3) is 8.07. The molecule has 12 nitrogen and oxygen atoms in total. The lowest BCUT2D eigenvalue weighted by atomic mass is 9.94. The van der Waals surface area contributed by atoms with Crippen LogP contribution in [-0.2, 0) is 19.1 Å². The number of carbonyl (C=O) groups is 4. The van der Waals surface area contributed by atoms with Crippen molar-refractivity contribution in [3.8, 4) is 11.1 Å². The molecule has 0 saturated heterocycles. The Morgan fingerprint density at radius 3 is 1.26 bits per heavy atom. The van der Waals surface area contributed by atoms with Crippen LogP contribution in [0.3, 0.4) is 0 Å². The number of benzene rings is 2.